The van der Waals surface area contributed by atoms with E-state index in [1.54, 1.807) is 0 Å². The Kier molecular flexibility index (Phi) is 5.14. The predicted molar refractivity (Wildman–Crippen MR) is 123 cm³/mol. The first kappa shape index (κ1) is 21.4. The van der Waals surface area contributed by atoms with Gasteiger partial charge in [-0.15, -0.1) is 0 Å². The first-order valence-corrected chi connectivity index (χ1v) is 13.6. The van der Waals surface area contributed by atoms with Crippen molar-refractivity contribution < 1.29 is 14.2 Å². The van der Waals surface area contributed by atoms with Crippen molar-refractivity contribution in [2.45, 2.75) is 110 Å². The number of rotatable bonds is 1. The van der Waals surface area contributed by atoms with E-state index in [0.29, 0.717) is 53.0 Å². The van der Waals surface area contributed by atoms with Crippen LogP contribution in [0.3, 0.4) is 0 Å². The maximum Gasteiger partial charge on any atom is 0.0866 e. The van der Waals surface area contributed by atoms with Crippen LogP contribution in [0.1, 0.15) is 85.5 Å². The van der Waals surface area contributed by atoms with Crippen molar-refractivity contribution in [3.05, 3.63) is 0 Å². The van der Waals surface area contributed by atoms with Crippen LogP contribution in [-0.2, 0) is 14.2 Å². The Bertz CT molecular complexity index is 694. The van der Waals surface area contributed by atoms with E-state index >= 15 is 0 Å². The molecular formula is C28H46O3. The summed E-state index contributed by atoms with van der Waals surface area (Å²) in [7, 11) is 1.93. The van der Waals surface area contributed by atoms with Crippen molar-refractivity contribution in [1.82, 2.24) is 0 Å². The van der Waals surface area contributed by atoms with Crippen LogP contribution >= 0.6 is 0 Å². The highest BCUT2D eigenvalue weighted by molar-refractivity contribution is 5.14. The second-order valence-electron chi connectivity index (χ2n) is 13.3. The van der Waals surface area contributed by atoms with Gasteiger partial charge in [-0.05, 0) is 110 Å². The minimum atomic E-state index is 0.336. The van der Waals surface area contributed by atoms with Crippen LogP contribution in [0, 0.1) is 52.3 Å². The topological polar surface area (TPSA) is 27.7 Å². The van der Waals surface area contributed by atoms with Gasteiger partial charge in [0, 0.05) is 13.7 Å². The zero-order chi connectivity index (χ0) is 21.5. The molecular weight excluding hydrogens is 384 g/mol. The fraction of sp³-hybridized carbons (Fsp3) is 1.00. The lowest BCUT2D eigenvalue weighted by Gasteiger charge is -2.61. The summed E-state index contributed by atoms with van der Waals surface area (Å²) >= 11 is 0. The smallest absolute Gasteiger partial charge is 0.0866 e. The van der Waals surface area contributed by atoms with Gasteiger partial charge < -0.3 is 14.2 Å². The highest BCUT2D eigenvalue weighted by atomic mass is 16.6. The third kappa shape index (κ3) is 3.01. The van der Waals surface area contributed by atoms with E-state index in [0.717, 1.165) is 30.3 Å². The monoisotopic (exact) mass is 430 g/mol. The summed E-state index contributed by atoms with van der Waals surface area (Å²) in [5.74, 6) is 5.58. The van der Waals surface area contributed by atoms with E-state index in [2.05, 4.69) is 27.7 Å². The Labute approximate surface area is 190 Å². The van der Waals surface area contributed by atoms with Crippen LogP contribution in [0.25, 0.3) is 0 Å². The molecule has 0 aromatic heterocycles. The third-order valence-corrected chi connectivity index (χ3v) is 12.0. The number of methoxy groups -OCH3 is 1. The van der Waals surface area contributed by atoms with E-state index in [1.807, 2.05) is 7.11 Å². The van der Waals surface area contributed by atoms with Gasteiger partial charge in [0.1, 0.15) is 0 Å². The molecule has 3 heteroatoms. The molecule has 0 aromatic carbocycles. The maximum atomic E-state index is 6.91. The van der Waals surface area contributed by atoms with Gasteiger partial charge >= 0.3 is 0 Å². The maximum absolute atomic E-state index is 6.91. The van der Waals surface area contributed by atoms with Crippen molar-refractivity contribution in [3.8, 4) is 0 Å². The van der Waals surface area contributed by atoms with E-state index in [1.165, 1.54) is 57.8 Å². The minimum Gasteiger partial charge on any atom is -0.381 e. The molecule has 0 spiro atoms. The van der Waals surface area contributed by atoms with Crippen LogP contribution < -0.4 is 0 Å². The molecule has 0 radical (unpaired) electrons. The van der Waals surface area contributed by atoms with Crippen LogP contribution in [0.5, 0.6) is 0 Å². The van der Waals surface area contributed by atoms with E-state index in [4.69, 9.17) is 14.2 Å². The number of ether oxygens (including phenoxy) is 3. The molecule has 2 aliphatic heterocycles. The lowest BCUT2D eigenvalue weighted by molar-refractivity contribution is -0.226. The molecule has 6 aliphatic rings. The molecule has 176 valence electrons. The van der Waals surface area contributed by atoms with Crippen molar-refractivity contribution in [3.63, 3.8) is 0 Å². The second kappa shape index (κ2) is 7.44. The quantitative estimate of drug-likeness (QED) is 0.503. The van der Waals surface area contributed by atoms with Gasteiger partial charge in [-0.1, -0.05) is 27.7 Å². The first-order valence-electron chi connectivity index (χ1n) is 13.6. The molecule has 0 amide bonds. The highest BCUT2D eigenvalue weighted by Crippen LogP contribution is 2.69. The van der Waals surface area contributed by atoms with Gasteiger partial charge in [0.15, 0.2) is 0 Å². The van der Waals surface area contributed by atoms with Gasteiger partial charge in [-0.2, -0.15) is 0 Å². The zero-order valence-corrected chi connectivity index (χ0v) is 20.6. The summed E-state index contributed by atoms with van der Waals surface area (Å²) in [6, 6.07) is 0. The molecule has 0 bridgehead atoms. The van der Waals surface area contributed by atoms with E-state index < -0.39 is 0 Å². The summed E-state index contributed by atoms with van der Waals surface area (Å²) in [6.07, 6.45) is 13.9. The van der Waals surface area contributed by atoms with Crippen molar-refractivity contribution in [1.29, 1.82) is 0 Å². The molecule has 4 saturated carbocycles. The van der Waals surface area contributed by atoms with Gasteiger partial charge in [0.2, 0.25) is 0 Å². The molecule has 6 rings (SSSR count). The van der Waals surface area contributed by atoms with Crippen LogP contribution in [0.2, 0.25) is 0 Å². The number of hydrogen-bond acceptors (Lipinski definition) is 3. The standard InChI is InChI=1S/C28H46O3/c1-16-12-24-26(30-15-16)17(2)25-23(31-24)14-22-20-7-6-18-13-19(29-5)8-10-27(18,3)21(20)9-11-28(22,25)4/h16-26H,6-15H2,1-5H3/t16-,17+,18+,19+,20-,21+,22+,23+,24+,25+,26+,27+,28+/m1/s1. The molecule has 2 heterocycles. The Morgan fingerprint density at radius 3 is 2.45 bits per heavy atom. The zero-order valence-electron chi connectivity index (χ0n) is 20.6. The summed E-state index contributed by atoms with van der Waals surface area (Å²) in [6.45, 7) is 11.1. The molecule has 3 nitrogen and oxygen atoms in total. The van der Waals surface area contributed by atoms with Gasteiger partial charge in [-0.25, -0.2) is 0 Å². The summed E-state index contributed by atoms with van der Waals surface area (Å²) in [4.78, 5) is 0. The SMILES string of the molecule is CO[C@H]1CC[C@@]2(C)[C@@H](CC[C@@H]3[C@@H]2CC[C@]2(C)[C@H]4[C@H](C)[C@@H]5OC[C@H](C)C[C@@H]5O[C@H]4C[C@@H]32)C1. The van der Waals surface area contributed by atoms with Crippen molar-refractivity contribution in [2.24, 2.45) is 52.3 Å². The van der Waals surface area contributed by atoms with E-state index in [-0.39, 0.29) is 0 Å². The average molecular weight is 431 g/mol. The van der Waals surface area contributed by atoms with Gasteiger partial charge in [0.25, 0.3) is 0 Å². The fourth-order valence-electron chi connectivity index (χ4n) is 10.6. The lowest BCUT2D eigenvalue weighted by atomic mass is 9.44. The number of fused-ring (bicyclic) bond motifs is 8. The third-order valence-electron chi connectivity index (χ3n) is 12.0. The molecule has 0 N–H and O–H groups in total. The summed E-state index contributed by atoms with van der Waals surface area (Å²) in [5.41, 5.74) is 1.00. The molecule has 0 unspecified atom stereocenters. The van der Waals surface area contributed by atoms with Crippen molar-refractivity contribution >= 4 is 0 Å². The normalized spacial score (nSPS) is 60.9. The summed E-state index contributed by atoms with van der Waals surface area (Å²) in [5, 5.41) is 0. The number of hydrogen-bond donors (Lipinski definition) is 0. The highest BCUT2D eigenvalue weighted by Gasteiger charge is 2.65. The van der Waals surface area contributed by atoms with Gasteiger partial charge in [-0.3, -0.25) is 0 Å². The van der Waals surface area contributed by atoms with Crippen LogP contribution in [0.15, 0.2) is 0 Å². The first-order chi connectivity index (χ1) is 14.8. The van der Waals surface area contributed by atoms with Crippen LogP contribution in [-0.4, -0.2) is 38.1 Å². The molecule has 4 aliphatic carbocycles. The van der Waals surface area contributed by atoms with Crippen LogP contribution in [0.4, 0.5) is 0 Å². The average Bonchev–Trinajstić information content (AvgIpc) is 3.05. The molecule has 6 fully saturated rings. The Balaban J connectivity index is 1.26. The Morgan fingerprint density at radius 1 is 0.839 bits per heavy atom. The van der Waals surface area contributed by atoms with Crippen molar-refractivity contribution in [2.75, 3.05) is 13.7 Å². The van der Waals surface area contributed by atoms with Gasteiger partial charge in [0.05, 0.1) is 24.4 Å². The summed E-state index contributed by atoms with van der Waals surface area (Å²) < 4.78 is 19.1. The fourth-order valence-corrected chi connectivity index (χ4v) is 10.6. The molecule has 2 saturated heterocycles. The predicted octanol–water partition coefficient (Wildman–Crippen LogP) is 6.10. The largest absolute Gasteiger partial charge is 0.381 e. The Hall–Kier alpha value is -0.120. The molecule has 0 aromatic rings. The second-order valence-corrected chi connectivity index (χ2v) is 13.3. The lowest BCUT2D eigenvalue weighted by Crippen LogP contribution is -2.57. The Morgan fingerprint density at radius 2 is 1.65 bits per heavy atom. The molecule has 31 heavy (non-hydrogen) atoms. The van der Waals surface area contributed by atoms with E-state index in [9.17, 15) is 0 Å². The molecule has 13 atom stereocenters. The minimum absolute atomic E-state index is 0.336.